The van der Waals surface area contributed by atoms with Crippen molar-refractivity contribution in [3.63, 3.8) is 0 Å². The zero-order valence-electron chi connectivity index (χ0n) is 13.1. The molecule has 1 aromatic heterocycles. The lowest BCUT2D eigenvalue weighted by molar-refractivity contribution is -0.142. The number of piperazine rings is 1. The fourth-order valence-corrected chi connectivity index (χ4v) is 2.62. The van der Waals surface area contributed by atoms with E-state index in [0.29, 0.717) is 6.54 Å². The molecule has 1 unspecified atom stereocenters. The number of carbonyl (C=O) groups is 1. The Labute approximate surface area is 127 Å². The van der Waals surface area contributed by atoms with Gasteiger partial charge in [-0.1, -0.05) is 13.0 Å². The van der Waals surface area contributed by atoms with Gasteiger partial charge in [0.1, 0.15) is 0 Å². The molecule has 0 spiro atoms. The highest BCUT2D eigenvalue weighted by Gasteiger charge is 2.34. The van der Waals surface area contributed by atoms with E-state index < -0.39 is 5.41 Å². The summed E-state index contributed by atoms with van der Waals surface area (Å²) in [7, 11) is 0. The quantitative estimate of drug-likeness (QED) is 0.882. The number of hydrogen-bond acceptors (Lipinski definition) is 4. The number of amides is 1. The first kappa shape index (κ1) is 15.9. The van der Waals surface area contributed by atoms with Crippen LogP contribution in [0.4, 0.5) is 0 Å². The lowest BCUT2D eigenvalue weighted by Gasteiger charge is -2.39. The number of hydrogen-bond donors (Lipinski definition) is 1. The summed E-state index contributed by atoms with van der Waals surface area (Å²) in [5, 5.41) is 0. The molecule has 2 heterocycles. The minimum absolute atomic E-state index is 0.202. The van der Waals surface area contributed by atoms with E-state index >= 15 is 0 Å². The molecule has 2 N–H and O–H groups in total. The zero-order chi connectivity index (χ0) is 15.3. The van der Waals surface area contributed by atoms with Gasteiger partial charge in [0.2, 0.25) is 5.91 Å². The van der Waals surface area contributed by atoms with Gasteiger partial charge in [-0.2, -0.15) is 0 Å². The Hall–Kier alpha value is -1.46. The minimum atomic E-state index is -0.411. The van der Waals surface area contributed by atoms with E-state index in [1.807, 2.05) is 31.0 Å². The van der Waals surface area contributed by atoms with Crippen molar-refractivity contribution in [3.8, 4) is 0 Å². The van der Waals surface area contributed by atoms with Crippen molar-refractivity contribution in [1.29, 1.82) is 0 Å². The molecule has 1 aliphatic rings. The molecule has 0 radical (unpaired) electrons. The normalized spacial score (nSPS) is 19.3. The molecule has 1 amide bonds. The molecule has 1 saturated heterocycles. The Balaban J connectivity index is 1.87. The molecule has 116 valence electrons. The fourth-order valence-electron chi connectivity index (χ4n) is 2.62. The maximum atomic E-state index is 12.6. The Morgan fingerprint density at radius 3 is 2.62 bits per heavy atom. The zero-order valence-corrected chi connectivity index (χ0v) is 13.1. The van der Waals surface area contributed by atoms with Crippen molar-refractivity contribution >= 4 is 5.91 Å². The monoisotopic (exact) mass is 290 g/mol. The van der Waals surface area contributed by atoms with Gasteiger partial charge in [0.15, 0.2) is 0 Å². The van der Waals surface area contributed by atoms with E-state index in [1.165, 1.54) is 5.56 Å². The number of carbonyl (C=O) groups excluding carboxylic acids is 1. The van der Waals surface area contributed by atoms with Crippen molar-refractivity contribution in [1.82, 2.24) is 14.8 Å². The van der Waals surface area contributed by atoms with Crippen LogP contribution in [0.5, 0.6) is 0 Å². The highest BCUT2D eigenvalue weighted by atomic mass is 16.2. The van der Waals surface area contributed by atoms with Crippen molar-refractivity contribution in [2.24, 2.45) is 11.1 Å². The summed E-state index contributed by atoms with van der Waals surface area (Å²) >= 11 is 0. The Kier molecular flexibility index (Phi) is 5.31. The van der Waals surface area contributed by atoms with Crippen molar-refractivity contribution in [2.45, 2.75) is 26.8 Å². The Morgan fingerprint density at radius 2 is 2.10 bits per heavy atom. The first-order valence-electron chi connectivity index (χ1n) is 7.70. The molecule has 1 aromatic rings. The third-order valence-electron chi connectivity index (χ3n) is 4.54. The Bertz CT molecular complexity index is 451. The maximum absolute atomic E-state index is 12.6. The van der Waals surface area contributed by atoms with Gasteiger partial charge >= 0.3 is 0 Å². The van der Waals surface area contributed by atoms with Crippen LogP contribution in [0.25, 0.3) is 0 Å². The van der Waals surface area contributed by atoms with E-state index in [9.17, 15) is 4.79 Å². The summed E-state index contributed by atoms with van der Waals surface area (Å²) in [5.74, 6) is 0.202. The minimum Gasteiger partial charge on any atom is -0.340 e. The van der Waals surface area contributed by atoms with Gasteiger partial charge in [0.05, 0.1) is 5.41 Å². The molecule has 0 saturated carbocycles. The van der Waals surface area contributed by atoms with Crippen molar-refractivity contribution < 1.29 is 4.79 Å². The summed E-state index contributed by atoms with van der Waals surface area (Å²) in [6.07, 6.45) is 4.48. The first-order chi connectivity index (χ1) is 10.1. The van der Waals surface area contributed by atoms with Crippen LogP contribution in [0.3, 0.4) is 0 Å². The van der Waals surface area contributed by atoms with Gasteiger partial charge in [-0.25, -0.2) is 0 Å². The van der Waals surface area contributed by atoms with Gasteiger partial charge in [-0.3, -0.25) is 14.7 Å². The molecule has 1 atom stereocenters. The summed E-state index contributed by atoms with van der Waals surface area (Å²) in [6, 6.07) is 4.05. The molecule has 1 aliphatic heterocycles. The predicted molar refractivity (Wildman–Crippen MR) is 83.5 cm³/mol. The third-order valence-corrected chi connectivity index (χ3v) is 4.54. The number of pyridine rings is 1. The van der Waals surface area contributed by atoms with Gasteiger partial charge in [0, 0.05) is 51.7 Å². The van der Waals surface area contributed by atoms with Crippen molar-refractivity contribution in [3.05, 3.63) is 30.1 Å². The molecule has 21 heavy (non-hydrogen) atoms. The second-order valence-electron chi connectivity index (χ2n) is 6.05. The van der Waals surface area contributed by atoms with Crippen LogP contribution in [0, 0.1) is 5.41 Å². The smallest absolute Gasteiger partial charge is 0.229 e. The van der Waals surface area contributed by atoms with Crippen LogP contribution >= 0.6 is 0 Å². The molecule has 5 nitrogen and oxygen atoms in total. The van der Waals surface area contributed by atoms with E-state index in [4.69, 9.17) is 5.73 Å². The van der Waals surface area contributed by atoms with Gasteiger partial charge in [0.25, 0.3) is 0 Å². The number of rotatable bonds is 5. The van der Waals surface area contributed by atoms with Crippen molar-refractivity contribution in [2.75, 3.05) is 32.7 Å². The molecule has 2 rings (SSSR count). The number of nitrogens with zero attached hydrogens (tertiary/aromatic N) is 3. The van der Waals surface area contributed by atoms with E-state index in [0.717, 1.165) is 39.1 Å². The van der Waals surface area contributed by atoms with Crippen LogP contribution in [-0.4, -0.2) is 53.4 Å². The third kappa shape index (κ3) is 3.80. The molecule has 5 heteroatoms. The van der Waals surface area contributed by atoms with Crippen LogP contribution in [0.1, 0.15) is 25.8 Å². The SMILES string of the molecule is CCC(C)(CN)C(=O)N1CCN(Cc2cccnc2)CC1. The van der Waals surface area contributed by atoms with Crippen LogP contribution in [0.15, 0.2) is 24.5 Å². The molecular formula is C16H26N4O. The molecule has 0 aromatic carbocycles. The molecule has 0 aliphatic carbocycles. The highest BCUT2D eigenvalue weighted by molar-refractivity contribution is 5.82. The maximum Gasteiger partial charge on any atom is 0.229 e. The predicted octanol–water partition coefficient (Wildman–Crippen LogP) is 1.10. The largest absolute Gasteiger partial charge is 0.340 e. The van der Waals surface area contributed by atoms with Crippen LogP contribution in [-0.2, 0) is 11.3 Å². The van der Waals surface area contributed by atoms with Gasteiger partial charge in [-0.15, -0.1) is 0 Å². The molecule has 1 fully saturated rings. The second kappa shape index (κ2) is 7.00. The average molecular weight is 290 g/mol. The fraction of sp³-hybridized carbons (Fsp3) is 0.625. The van der Waals surface area contributed by atoms with Gasteiger partial charge in [-0.05, 0) is 25.0 Å². The summed E-state index contributed by atoms with van der Waals surface area (Å²) in [5.41, 5.74) is 6.60. The lowest BCUT2D eigenvalue weighted by atomic mass is 9.86. The molecule has 0 bridgehead atoms. The summed E-state index contributed by atoms with van der Waals surface area (Å²) < 4.78 is 0. The lowest BCUT2D eigenvalue weighted by Crippen LogP contribution is -2.53. The highest BCUT2D eigenvalue weighted by Crippen LogP contribution is 2.23. The second-order valence-corrected chi connectivity index (χ2v) is 6.05. The average Bonchev–Trinajstić information content (AvgIpc) is 2.55. The van der Waals surface area contributed by atoms with Crippen LogP contribution < -0.4 is 5.73 Å². The van der Waals surface area contributed by atoms with E-state index in [1.54, 1.807) is 6.20 Å². The first-order valence-corrected chi connectivity index (χ1v) is 7.70. The topological polar surface area (TPSA) is 62.5 Å². The Morgan fingerprint density at radius 1 is 1.38 bits per heavy atom. The van der Waals surface area contributed by atoms with E-state index in [-0.39, 0.29) is 5.91 Å². The van der Waals surface area contributed by atoms with Gasteiger partial charge < -0.3 is 10.6 Å². The summed E-state index contributed by atoms with van der Waals surface area (Å²) in [4.78, 5) is 21.0. The van der Waals surface area contributed by atoms with E-state index in [2.05, 4.69) is 16.0 Å². The summed E-state index contributed by atoms with van der Waals surface area (Å²) in [6.45, 7) is 8.70. The van der Waals surface area contributed by atoms with Crippen LogP contribution in [0.2, 0.25) is 0 Å². The molecular weight excluding hydrogens is 264 g/mol. The number of aromatic nitrogens is 1. The standard InChI is InChI=1S/C16H26N4O/c1-3-16(2,13-17)15(21)20-9-7-19(8-10-20)12-14-5-4-6-18-11-14/h4-6,11H,3,7-10,12-13,17H2,1-2H3. The number of nitrogens with two attached hydrogens (primary N) is 1.